The summed E-state index contributed by atoms with van der Waals surface area (Å²) >= 11 is 0. The van der Waals surface area contributed by atoms with E-state index in [0.29, 0.717) is 16.7 Å². The lowest BCUT2D eigenvalue weighted by molar-refractivity contribution is 0.0949. The monoisotopic (exact) mass is 349 g/mol. The maximum Gasteiger partial charge on any atom is 0.256 e. The number of halogens is 1. The number of benzene rings is 2. The molecule has 0 fully saturated rings. The number of rotatable bonds is 5. The lowest BCUT2D eigenvalue weighted by Crippen LogP contribution is -2.23. The van der Waals surface area contributed by atoms with Crippen LogP contribution < -0.4 is 10.6 Å². The van der Waals surface area contributed by atoms with Crippen molar-refractivity contribution in [2.45, 2.75) is 6.54 Å². The number of hydrogen-bond donors (Lipinski definition) is 2. The summed E-state index contributed by atoms with van der Waals surface area (Å²) in [5.41, 5.74) is 1.50. The summed E-state index contributed by atoms with van der Waals surface area (Å²) in [4.78, 5) is 28.5. The smallest absolute Gasteiger partial charge is 0.256 e. The lowest BCUT2D eigenvalue weighted by atomic mass is 10.2. The Balaban J connectivity index is 1.64. The van der Waals surface area contributed by atoms with Crippen LogP contribution >= 0.6 is 0 Å². The van der Waals surface area contributed by atoms with Crippen molar-refractivity contribution in [2.24, 2.45) is 0 Å². The Morgan fingerprint density at radius 3 is 2.46 bits per heavy atom. The van der Waals surface area contributed by atoms with Crippen LogP contribution in [0.3, 0.4) is 0 Å². The molecular formula is C20H16FN3O2. The highest BCUT2D eigenvalue weighted by molar-refractivity contribution is 6.04. The van der Waals surface area contributed by atoms with Gasteiger partial charge in [-0.05, 0) is 42.0 Å². The molecule has 0 atom stereocenters. The molecule has 2 amide bonds. The minimum absolute atomic E-state index is 0.199. The Bertz CT molecular complexity index is 929. The summed E-state index contributed by atoms with van der Waals surface area (Å²) in [5, 5.41) is 5.36. The number of anilines is 1. The SMILES string of the molecule is O=C(NCc1cccc(F)c1)c1ccnc(NC(=O)c2ccccc2)c1. The van der Waals surface area contributed by atoms with Gasteiger partial charge in [-0.3, -0.25) is 9.59 Å². The highest BCUT2D eigenvalue weighted by atomic mass is 19.1. The van der Waals surface area contributed by atoms with Gasteiger partial charge in [0.05, 0.1) is 0 Å². The van der Waals surface area contributed by atoms with Crippen molar-refractivity contribution >= 4 is 17.6 Å². The third-order valence-corrected chi connectivity index (χ3v) is 3.64. The van der Waals surface area contributed by atoms with Gasteiger partial charge in [0, 0.05) is 23.9 Å². The van der Waals surface area contributed by atoms with Crippen molar-refractivity contribution in [3.63, 3.8) is 0 Å². The molecule has 130 valence electrons. The van der Waals surface area contributed by atoms with Gasteiger partial charge in [0.15, 0.2) is 0 Å². The molecule has 0 saturated heterocycles. The standard InChI is InChI=1S/C20H16FN3O2/c21-17-8-4-5-14(11-17)13-23-19(25)16-9-10-22-18(12-16)24-20(26)15-6-2-1-3-7-15/h1-12H,13H2,(H,23,25)(H,22,24,26). The largest absolute Gasteiger partial charge is 0.348 e. The Morgan fingerprint density at radius 1 is 0.885 bits per heavy atom. The minimum atomic E-state index is -0.355. The second-order valence-corrected chi connectivity index (χ2v) is 5.56. The third-order valence-electron chi connectivity index (χ3n) is 3.64. The fourth-order valence-electron chi connectivity index (χ4n) is 2.35. The molecule has 0 aliphatic rings. The summed E-state index contributed by atoms with van der Waals surface area (Å²) in [7, 11) is 0. The van der Waals surface area contributed by atoms with E-state index < -0.39 is 0 Å². The summed E-state index contributed by atoms with van der Waals surface area (Å²) in [5.74, 6) is -0.730. The van der Waals surface area contributed by atoms with E-state index >= 15 is 0 Å². The van der Waals surface area contributed by atoms with Crippen LogP contribution in [-0.2, 0) is 6.54 Å². The molecule has 1 aromatic heterocycles. The van der Waals surface area contributed by atoms with Gasteiger partial charge in [-0.25, -0.2) is 9.37 Å². The molecule has 1 heterocycles. The van der Waals surface area contributed by atoms with Crippen molar-refractivity contribution in [2.75, 3.05) is 5.32 Å². The predicted octanol–water partition coefficient (Wildman–Crippen LogP) is 3.40. The zero-order valence-electron chi connectivity index (χ0n) is 13.8. The second kappa shape index (κ2) is 8.02. The second-order valence-electron chi connectivity index (χ2n) is 5.56. The number of carbonyl (C=O) groups excluding carboxylic acids is 2. The molecule has 0 aliphatic heterocycles. The van der Waals surface area contributed by atoms with Crippen molar-refractivity contribution in [3.8, 4) is 0 Å². The molecule has 2 N–H and O–H groups in total. The fourth-order valence-corrected chi connectivity index (χ4v) is 2.35. The number of amides is 2. The zero-order chi connectivity index (χ0) is 18.4. The molecule has 3 rings (SSSR count). The van der Waals surface area contributed by atoms with E-state index in [2.05, 4.69) is 15.6 Å². The van der Waals surface area contributed by atoms with Gasteiger partial charge in [0.1, 0.15) is 11.6 Å². The van der Waals surface area contributed by atoms with Crippen LogP contribution in [0.15, 0.2) is 72.9 Å². The van der Waals surface area contributed by atoms with Crippen LogP contribution in [0.4, 0.5) is 10.2 Å². The molecule has 26 heavy (non-hydrogen) atoms. The van der Waals surface area contributed by atoms with Crippen molar-refractivity contribution < 1.29 is 14.0 Å². The number of nitrogens with zero attached hydrogens (tertiary/aromatic N) is 1. The molecule has 0 bridgehead atoms. The van der Waals surface area contributed by atoms with Gasteiger partial charge in [-0.15, -0.1) is 0 Å². The van der Waals surface area contributed by atoms with Gasteiger partial charge in [-0.1, -0.05) is 30.3 Å². The summed E-state index contributed by atoms with van der Waals surface area (Å²) in [6.07, 6.45) is 1.44. The van der Waals surface area contributed by atoms with E-state index in [9.17, 15) is 14.0 Å². The first-order valence-electron chi connectivity index (χ1n) is 7.97. The maximum absolute atomic E-state index is 13.2. The molecule has 0 radical (unpaired) electrons. The van der Waals surface area contributed by atoms with Crippen LogP contribution in [0.5, 0.6) is 0 Å². The summed E-state index contributed by atoms with van der Waals surface area (Å²) in [6.45, 7) is 0.199. The number of nitrogens with one attached hydrogen (secondary N) is 2. The van der Waals surface area contributed by atoms with E-state index in [1.807, 2.05) is 6.07 Å². The van der Waals surface area contributed by atoms with E-state index in [0.717, 1.165) is 0 Å². The molecule has 3 aromatic rings. The molecule has 2 aromatic carbocycles. The number of aromatic nitrogens is 1. The van der Waals surface area contributed by atoms with Crippen LogP contribution in [-0.4, -0.2) is 16.8 Å². The maximum atomic E-state index is 13.2. The molecular weight excluding hydrogens is 333 g/mol. The minimum Gasteiger partial charge on any atom is -0.348 e. The molecule has 5 nitrogen and oxygen atoms in total. The van der Waals surface area contributed by atoms with Crippen LogP contribution in [0, 0.1) is 5.82 Å². The van der Waals surface area contributed by atoms with E-state index in [4.69, 9.17) is 0 Å². The first kappa shape index (κ1) is 17.3. The molecule has 0 spiro atoms. The lowest BCUT2D eigenvalue weighted by Gasteiger charge is -2.08. The van der Waals surface area contributed by atoms with Crippen molar-refractivity contribution in [1.29, 1.82) is 0 Å². The van der Waals surface area contributed by atoms with Crippen LogP contribution in [0.2, 0.25) is 0 Å². The average Bonchev–Trinajstić information content (AvgIpc) is 2.67. The quantitative estimate of drug-likeness (QED) is 0.742. The van der Waals surface area contributed by atoms with E-state index in [1.165, 1.54) is 24.4 Å². The fraction of sp³-hybridized carbons (Fsp3) is 0.0500. The van der Waals surface area contributed by atoms with Crippen LogP contribution in [0.25, 0.3) is 0 Å². The highest BCUT2D eigenvalue weighted by Gasteiger charge is 2.10. The van der Waals surface area contributed by atoms with Gasteiger partial charge in [0.2, 0.25) is 0 Å². The van der Waals surface area contributed by atoms with E-state index in [1.54, 1.807) is 42.5 Å². The molecule has 0 unspecified atom stereocenters. The molecule has 0 saturated carbocycles. The topological polar surface area (TPSA) is 71.1 Å². The number of carbonyl (C=O) groups is 2. The summed E-state index contributed by atoms with van der Waals surface area (Å²) in [6, 6.07) is 17.8. The van der Waals surface area contributed by atoms with E-state index in [-0.39, 0.29) is 30.0 Å². The predicted molar refractivity (Wildman–Crippen MR) is 96.2 cm³/mol. The Kier molecular flexibility index (Phi) is 5.34. The van der Waals surface area contributed by atoms with Crippen LogP contribution in [0.1, 0.15) is 26.3 Å². The first-order chi connectivity index (χ1) is 12.6. The summed E-state index contributed by atoms with van der Waals surface area (Å²) < 4.78 is 13.2. The van der Waals surface area contributed by atoms with Gasteiger partial charge in [0.25, 0.3) is 11.8 Å². The van der Waals surface area contributed by atoms with Gasteiger partial charge in [-0.2, -0.15) is 0 Å². The Labute approximate surface area is 149 Å². The van der Waals surface area contributed by atoms with Crippen molar-refractivity contribution in [1.82, 2.24) is 10.3 Å². The van der Waals surface area contributed by atoms with Crippen molar-refractivity contribution in [3.05, 3.63) is 95.4 Å². The van der Waals surface area contributed by atoms with Gasteiger partial charge >= 0.3 is 0 Å². The number of pyridine rings is 1. The molecule has 0 aliphatic carbocycles. The molecule has 6 heteroatoms. The highest BCUT2D eigenvalue weighted by Crippen LogP contribution is 2.10. The third kappa shape index (κ3) is 4.51. The Morgan fingerprint density at radius 2 is 1.69 bits per heavy atom. The zero-order valence-corrected chi connectivity index (χ0v) is 13.8. The first-order valence-corrected chi connectivity index (χ1v) is 7.97. The average molecular weight is 349 g/mol. The number of hydrogen-bond acceptors (Lipinski definition) is 3. The normalized spacial score (nSPS) is 10.2. The van der Waals surface area contributed by atoms with Gasteiger partial charge < -0.3 is 10.6 Å². The Hall–Kier alpha value is -3.54.